The van der Waals surface area contributed by atoms with Crippen molar-refractivity contribution in [1.82, 2.24) is 5.32 Å². The molecule has 1 rings (SSSR count). The molecule has 8 unspecified atom stereocenters. The van der Waals surface area contributed by atoms with E-state index in [1.165, 1.54) is 218 Å². The molecule has 454 valence electrons. The summed E-state index contributed by atoms with van der Waals surface area (Å²) in [6, 6.07) is -1.02. The van der Waals surface area contributed by atoms with Gasteiger partial charge < -0.3 is 45.1 Å². The van der Waals surface area contributed by atoms with Gasteiger partial charge in [0.05, 0.1) is 25.4 Å². The van der Waals surface area contributed by atoms with E-state index in [1.807, 2.05) is 6.08 Å². The SMILES string of the molecule is CCCCCCCC/C=C/CCCCCCCCCCCCCCCCCCC(O)C(=O)NC(COC1OC(CO)C(O)C(O)C1OC(=O)CCCCCCCCCCCCC)C(O)/C=C/CCCCCCCCCCC. The number of ether oxygens (including phenoxy) is 3. The fourth-order valence-electron chi connectivity index (χ4n) is 10.6. The zero-order valence-electron chi connectivity index (χ0n) is 50.4. The zero-order chi connectivity index (χ0) is 56.1. The standard InChI is InChI=1S/C66H125NO10/c1-4-7-10-13-16-19-22-23-24-25-26-27-28-29-30-31-32-33-34-35-36-39-41-44-47-50-53-59(70)65(74)67-57(58(69)52-49-46-43-40-37-20-17-14-11-8-5-2)56-75-66-64(63(73)62(72)60(55-68)76-66)77-61(71)54-51-48-45-42-38-21-18-15-12-9-6-3/h23-24,49,52,57-60,62-64,66,68-70,72-73H,4-22,25-48,50-51,53-56H2,1-3H3,(H,67,74)/b24-23+,52-49+. The molecule has 1 heterocycles. The molecular formula is C66H125NO10. The summed E-state index contributed by atoms with van der Waals surface area (Å²) in [5, 5.41) is 56.9. The number of unbranched alkanes of at least 4 members (excludes halogenated alkanes) is 41. The van der Waals surface area contributed by atoms with Gasteiger partial charge in [0.2, 0.25) is 5.91 Å². The van der Waals surface area contributed by atoms with Crippen molar-refractivity contribution in [3.05, 3.63) is 24.3 Å². The van der Waals surface area contributed by atoms with E-state index >= 15 is 0 Å². The highest BCUT2D eigenvalue weighted by Gasteiger charge is 2.47. The monoisotopic (exact) mass is 1090 g/mol. The van der Waals surface area contributed by atoms with Gasteiger partial charge in [0, 0.05) is 6.42 Å². The van der Waals surface area contributed by atoms with Crippen LogP contribution < -0.4 is 5.32 Å². The first-order valence-corrected chi connectivity index (χ1v) is 33.1. The van der Waals surface area contributed by atoms with E-state index in [0.29, 0.717) is 19.3 Å². The Bertz CT molecular complexity index is 1350. The lowest BCUT2D eigenvalue weighted by Gasteiger charge is -2.41. The Morgan fingerprint density at radius 1 is 0.494 bits per heavy atom. The van der Waals surface area contributed by atoms with E-state index in [1.54, 1.807) is 6.08 Å². The summed E-state index contributed by atoms with van der Waals surface area (Å²) in [5.41, 5.74) is 0. The number of amides is 1. The number of carbonyl (C=O) groups excluding carboxylic acids is 2. The number of aliphatic hydroxyl groups excluding tert-OH is 5. The predicted octanol–water partition coefficient (Wildman–Crippen LogP) is 16.1. The number of rotatable bonds is 57. The normalized spacial score (nSPS) is 19.1. The van der Waals surface area contributed by atoms with Crippen LogP contribution in [0.15, 0.2) is 24.3 Å². The summed E-state index contributed by atoms with van der Waals surface area (Å²) in [7, 11) is 0. The van der Waals surface area contributed by atoms with Crippen molar-refractivity contribution >= 4 is 11.9 Å². The van der Waals surface area contributed by atoms with E-state index in [0.717, 1.165) is 57.8 Å². The molecule has 0 aromatic rings. The third-order valence-corrected chi connectivity index (χ3v) is 15.9. The second-order valence-corrected chi connectivity index (χ2v) is 23.2. The molecule has 0 radical (unpaired) electrons. The van der Waals surface area contributed by atoms with Gasteiger partial charge in [-0.05, 0) is 51.4 Å². The number of carbonyl (C=O) groups is 2. The van der Waals surface area contributed by atoms with Crippen LogP contribution in [0.25, 0.3) is 0 Å². The Hall–Kier alpha value is -1.86. The lowest BCUT2D eigenvalue weighted by atomic mass is 9.99. The van der Waals surface area contributed by atoms with Gasteiger partial charge in [-0.15, -0.1) is 0 Å². The van der Waals surface area contributed by atoms with Crippen LogP contribution in [0.4, 0.5) is 0 Å². The van der Waals surface area contributed by atoms with Crippen molar-refractivity contribution < 1.29 is 49.3 Å². The van der Waals surface area contributed by atoms with Crippen molar-refractivity contribution in [2.24, 2.45) is 0 Å². The summed E-state index contributed by atoms with van der Waals surface area (Å²) >= 11 is 0. The molecule has 0 bridgehead atoms. The first kappa shape index (κ1) is 73.2. The maximum absolute atomic E-state index is 13.4. The maximum atomic E-state index is 13.4. The zero-order valence-corrected chi connectivity index (χ0v) is 50.4. The highest BCUT2D eigenvalue weighted by Crippen LogP contribution is 2.26. The van der Waals surface area contributed by atoms with E-state index in [9.17, 15) is 35.1 Å². The molecule has 1 aliphatic rings. The Kier molecular flexibility index (Phi) is 52.0. The van der Waals surface area contributed by atoms with Crippen molar-refractivity contribution in [3.63, 3.8) is 0 Å². The number of allylic oxidation sites excluding steroid dienone is 3. The Labute approximate surface area is 473 Å². The van der Waals surface area contributed by atoms with Crippen LogP contribution in [0.2, 0.25) is 0 Å². The van der Waals surface area contributed by atoms with Gasteiger partial charge in [-0.1, -0.05) is 289 Å². The minimum absolute atomic E-state index is 0.129. The van der Waals surface area contributed by atoms with Crippen LogP contribution in [0.5, 0.6) is 0 Å². The van der Waals surface area contributed by atoms with Crippen molar-refractivity contribution in [3.8, 4) is 0 Å². The fraction of sp³-hybridized carbons (Fsp3) is 0.909. The summed E-state index contributed by atoms with van der Waals surface area (Å²) in [4.78, 5) is 26.5. The second-order valence-electron chi connectivity index (χ2n) is 23.2. The largest absolute Gasteiger partial charge is 0.454 e. The number of esters is 1. The molecule has 0 aliphatic carbocycles. The number of aliphatic hydroxyl groups is 5. The molecule has 0 saturated carbocycles. The van der Waals surface area contributed by atoms with Crippen LogP contribution >= 0.6 is 0 Å². The van der Waals surface area contributed by atoms with Crippen LogP contribution in [0.1, 0.15) is 323 Å². The molecular weight excluding hydrogens is 967 g/mol. The Balaban J connectivity index is 2.52. The average Bonchev–Trinajstić information content (AvgIpc) is 3.43. The van der Waals surface area contributed by atoms with Crippen LogP contribution in [0, 0.1) is 0 Å². The average molecular weight is 1090 g/mol. The summed E-state index contributed by atoms with van der Waals surface area (Å²) in [5.74, 6) is -1.18. The highest BCUT2D eigenvalue weighted by atomic mass is 16.7. The van der Waals surface area contributed by atoms with E-state index in [4.69, 9.17) is 14.2 Å². The highest BCUT2D eigenvalue weighted by molar-refractivity contribution is 5.80. The van der Waals surface area contributed by atoms with Gasteiger partial charge in [-0.25, -0.2) is 0 Å². The van der Waals surface area contributed by atoms with E-state index in [-0.39, 0.29) is 13.0 Å². The molecule has 1 fully saturated rings. The predicted molar refractivity (Wildman–Crippen MR) is 320 cm³/mol. The number of hydrogen-bond donors (Lipinski definition) is 6. The molecule has 8 atom stereocenters. The number of hydrogen-bond acceptors (Lipinski definition) is 10. The first-order chi connectivity index (χ1) is 37.7. The third kappa shape index (κ3) is 42.6. The summed E-state index contributed by atoms with van der Waals surface area (Å²) in [6.45, 7) is 5.79. The topological polar surface area (TPSA) is 175 Å². The Morgan fingerprint density at radius 2 is 0.857 bits per heavy atom. The van der Waals surface area contributed by atoms with Gasteiger partial charge in [0.15, 0.2) is 12.4 Å². The molecule has 11 heteroatoms. The van der Waals surface area contributed by atoms with Gasteiger partial charge in [-0.2, -0.15) is 0 Å². The summed E-state index contributed by atoms with van der Waals surface area (Å²) in [6.07, 6.45) is 53.9. The lowest BCUT2D eigenvalue weighted by molar-refractivity contribution is -0.305. The first-order valence-electron chi connectivity index (χ1n) is 33.1. The Morgan fingerprint density at radius 3 is 1.26 bits per heavy atom. The van der Waals surface area contributed by atoms with Crippen molar-refractivity contribution in [2.45, 2.75) is 372 Å². The molecule has 1 amide bonds. The van der Waals surface area contributed by atoms with E-state index in [2.05, 4.69) is 38.2 Å². The molecule has 0 aromatic carbocycles. The fourth-order valence-corrected chi connectivity index (χ4v) is 10.6. The molecule has 11 nitrogen and oxygen atoms in total. The minimum atomic E-state index is -1.61. The summed E-state index contributed by atoms with van der Waals surface area (Å²) < 4.78 is 17.6. The van der Waals surface area contributed by atoms with Gasteiger partial charge in [-0.3, -0.25) is 9.59 Å². The molecule has 1 aliphatic heterocycles. The van der Waals surface area contributed by atoms with E-state index < -0.39 is 67.4 Å². The second kappa shape index (κ2) is 54.7. The smallest absolute Gasteiger partial charge is 0.306 e. The third-order valence-electron chi connectivity index (χ3n) is 15.9. The van der Waals surface area contributed by atoms with Crippen LogP contribution in [0.3, 0.4) is 0 Å². The molecule has 0 spiro atoms. The van der Waals surface area contributed by atoms with Crippen molar-refractivity contribution in [1.29, 1.82) is 0 Å². The molecule has 0 aromatic heterocycles. The lowest BCUT2D eigenvalue weighted by Crippen LogP contribution is -2.61. The van der Waals surface area contributed by atoms with Crippen molar-refractivity contribution in [2.75, 3.05) is 13.2 Å². The number of nitrogens with one attached hydrogen (secondary N) is 1. The quantitative estimate of drug-likeness (QED) is 0.0195. The maximum Gasteiger partial charge on any atom is 0.306 e. The minimum Gasteiger partial charge on any atom is -0.454 e. The molecule has 77 heavy (non-hydrogen) atoms. The van der Waals surface area contributed by atoms with Gasteiger partial charge in [0.1, 0.15) is 24.4 Å². The molecule has 1 saturated heterocycles. The molecule has 6 N–H and O–H groups in total. The van der Waals surface area contributed by atoms with Gasteiger partial charge in [0.25, 0.3) is 0 Å². The van der Waals surface area contributed by atoms with Crippen LogP contribution in [-0.2, 0) is 23.8 Å². The van der Waals surface area contributed by atoms with Crippen LogP contribution in [-0.4, -0.2) is 99.6 Å². The van der Waals surface area contributed by atoms with Gasteiger partial charge >= 0.3 is 5.97 Å².